The Morgan fingerprint density at radius 1 is 0.560 bits per heavy atom. The third-order valence-electron chi connectivity index (χ3n) is 5.13. The van der Waals surface area contributed by atoms with E-state index in [9.17, 15) is 0 Å². The lowest BCUT2D eigenvalue weighted by atomic mass is 9.84. The van der Waals surface area contributed by atoms with Crippen LogP contribution in [0.25, 0.3) is 10.8 Å². The lowest BCUT2D eigenvalue weighted by Crippen LogP contribution is -2.12. The molecule has 4 aromatic carbocycles. The lowest BCUT2D eigenvalue weighted by Gasteiger charge is -2.15. The Bertz CT molecular complexity index is 977. The largest absolute Gasteiger partial charge is 0.351 e. The molecule has 0 amide bonds. The molecule has 5 rings (SSSR count). The minimum atomic E-state index is -0.396. The van der Waals surface area contributed by atoms with Crippen LogP contribution in [0.1, 0.15) is 22.8 Å². The van der Waals surface area contributed by atoms with E-state index in [2.05, 4.69) is 103 Å². The Hall–Kier alpha value is -2.90. The molecule has 1 fully saturated rings. The molecule has 0 saturated carbocycles. The van der Waals surface area contributed by atoms with E-state index in [1.54, 1.807) is 0 Å². The van der Waals surface area contributed by atoms with Crippen LogP contribution in [0, 0.1) is 0 Å². The zero-order valence-electron chi connectivity index (χ0n) is 13.8. The average molecular weight is 322 g/mol. The van der Waals surface area contributed by atoms with Gasteiger partial charge in [-0.2, -0.15) is 0 Å². The number of rotatable bonds is 3. The van der Waals surface area contributed by atoms with Gasteiger partial charge in [-0.25, -0.2) is 0 Å². The first-order chi connectivity index (χ1) is 12.4. The first kappa shape index (κ1) is 14.4. The fourth-order valence-electron chi connectivity index (χ4n) is 3.89. The second-order valence-corrected chi connectivity index (χ2v) is 6.53. The first-order valence-electron chi connectivity index (χ1n) is 8.66. The second kappa shape index (κ2) is 5.58. The maximum Gasteiger partial charge on any atom is 0.149 e. The standard InChI is InChI=1S/C24H18O/c1-3-12-19(13-4-1)24(20-14-5-2-6-15-20)23(25-24)22-17-9-11-18-10-7-8-16-21(18)22/h1-17,23H. The van der Waals surface area contributed by atoms with Gasteiger partial charge in [0.05, 0.1) is 0 Å². The summed E-state index contributed by atoms with van der Waals surface area (Å²) in [6.07, 6.45) is 0.0309. The summed E-state index contributed by atoms with van der Waals surface area (Å²) in [4.78, 5) is 0. The predicted octanol–water partition coefficient (Wildman–Crippen LogP) is 5.85. The van der Waals surface area contributed by atoms with E-state index in [1.807, 2.05) is 0 Å². The number of ether oxygens (including phenoxy) is 1. The van der Waals surface area contributed by atoms with Gasteiger partial charge in [-0.3, -0.25) is 0 Å². The van der Waals surface area contributed by atoms with E-state index in [0.717, 1.165) is 0 Å². The van der Waals surface area contributed by atoms with E-state index in [1.165, 1.54) is 27.5 Å². The molecule has 0 aromatic heterocycles. The summed E-state index contributed by atoms with van der Waals surface area (Å²) in [5.41, 5.74) is 3.27. The maximum atomic E-state index is 6.47. The van der Waals surface area contributed by atoms with Crippen LogP contribution in [0.5, 0.6) is 0 Å². The van der Waals surface area contributed by atoms with E-state index >= 15 is 0 Å². The smallest absolute Gasteiger partial charge is 0.149 e. The molecule has 25 heavy (non-hydrogen) atoms. The van der Waals surface area contributed by atoms with Crippen LogP contribution in [0.4, 0.5) is 0 Å². The van der Waals surface area contributed by atoms with Crippen LogP contribution in [-0.4, -0.2) is 0 Å². The molecule has 0 spiro atoms. The highest BCUT2D eigenvalue weighted by Gasteiger charge is 2.59. The van der Waals surface area contributed by atoms with Gasteiger partial charge in [0.15, 0.2) is 0 Å². The Morgan fingerprint density at radius 2 is 1.12 bits per heavy atom. The van der Waals surface area contributed by atoms with Gasteiger partial charge in [-0.05, 0) is 27.5 Å². The van der Waals surface area contributed by atoms with Gasteiger partial charge in [0, 0.05) is 0 Å². The molecule has 0 aliphatic carbocycles. The van der Waals surface area contributed by atoms with E-state index in [-0.39, 0.29) is 6.10 Å². The van der Waals surface area contributed by atoms with Crippen molar-refractivity contribution in [1.29, 1.82) is 0 Å². The molecule has 0 bridgehead atoms. The fourth-order valence-corrected chi connectivity index (χ4v) is 3.89. The lowest BCUT2D eigenvalue weighted by molar-refractivity contribution is 0.329. The van der Waals surface area contributed by atoms with Gasteiger partial charge in [0.2, 0.25) is 0 Å². The Morgan fingerprint density at radius 3 is 1.80 bits per heavy atom. The van der Waals surface area contributed by atoms with Gasteiger partial charge in [0.25, 0.3) is 0 Å². The quantitative estimate of drug-likeness (QED) is 0.431. The number of fused-ring (bicyclic) bond motifs is 1. The molecule has 120 valence electrons. The molecule has 0 radical (unpaired) electrons. The summed E-state index contributed by atoms with van der Waals surface area (Å²) in [7, 11) is 0. The van der Waals surface area contributed by atoms with Crippen LogP contribution in [0.15, 0.2) is 103 Å². The molecule has 1 aliphatic heterocycles. The molecule has 1 saturated heterocycles. The van der Waals surface area contributed by atoms with Crippen molar-refractivity contribution >= 4 is 10.8 Å². The zero-order chi connectivity index (χ0) is 16.7. The molecule has 1 aliphatic rings. The highest BCUT2D eigenvalue weighted by Crippen LogP contribution is 2.61. The third kappa shape index (κ3) is 2.20. The Kier molecular flexibility index (Phi) is 3.22. The molecule has 1 nitrogen and oxygen atoms in total. The van der Waals surface area contributed by atoms with Gasteiger partial charge >= 0.3 is 0 Å². The van der Waals surface area contributed by atoms with E-state index in [4.69, 9.17) is 4.74 Å². The number of benzene rings is 4. The SMILES string of the molecule is c1ccc(C2(c3ccccc3)OC2c2cccc3ccccc23)cc1. The van der Waals surface area contributed by atoms with Crippen molar-refractivity contribution in [3.05, 3.63) is 120 Å². The normalized spacial score (nSPS) is 18.2. The van der Waals surface area contributed by atoms with Crippen molar-refractivity contribution in [2.24, 2.45) is 0 Å². The van der Waals surface area contributed by atoms with Crippen LogP contribution < -0.4 is 0 Å². The Balaban J connectivity index is 1.70. The minimum Gasteiger partial charge on any atom is -0.351 e. The first-order valence-corrected chi connectivity index (χ1v) is 8.66. The molecular formula is C24H18O. The summed E-state index contributed by atoms with van der Waals surface area (Å²) in [5.74, 6) is 0. The molecular weight excluding hydrogens is 304 g/mol. The summed E-state index contributed by atoms with van der Waals surface area (Å²) >= 11 is 0. The van der Waals surface area contributed by atoms with E-state index in [0.29, 0.717) is 0 Å². The second-order valence-electron chi connectivity index (χ2n) is 6.53. The molecule has 1 unspecified atom stereocenters. The van der Waals surface area contributed by atoms with Crippen molar-refractivity contribution in [2.75, 3.05) is 0 Å². The summed E-state index contributed by atoms with van der Waals surface area (Å²) in [6.45, 7) is 0. The van der Waals surface area contributed by atoms with Crippen molar-refractivity contribution < 1.29 is 4.74 Å². The van der Waals surface area contributed by atoms with Crippen molar-refractivity contribution in [3.63, 3.8) is 0 Å². The third-order valence-corrected chi connectivity index (χ3v) is 5.13. The number of epoxide rings is 1. The van der Waals surface area contributed by atoms with E-state index < -0.39 is 5.60 Å². The molecule has 0 N–H and O–H groups in total. The number of hydrogen-bond acceptors (Lipinski definition) is 1. The van der Waals surface area contributed by atoms with Gasteiger partial charge < -0.3 is 4.74 Å². The van der Waals surface area contributed by atoms with Crippen molar-refractivity contribution in [2.45, 2.75) is 11.7 Å². The monoisotopic (exact) mass is 322 g/mol. The van der Waals surface area contributed by atoms with Gasteiger partial charge in [-0.15, -0.1) is 0 Å². The highest BCUT2D eigenvalue weighted by molar-refractivity contribution is 5.86. The topological polar surface area (TPSA) is 12.5 Å². The fraction of sp³-hybridized carbons (Fsp3) is 0.0833. The summed E-state index contributed by atoms with van der Waals surface area (Å²) in [6, 6.07) is 36.1. The average Bonchev–Trinajstić information content (AvgIpc) is 3.46. The van der Waals surface area contributed by atoms with Crippen LogP contribution in [0.3, 0.4) is 0 Å². The van der Waals surface area contributed by atoms with Crippen LogP contribution in [0.2, 0.25) is 0 Å². The minimum absolute atomic E-state index is 0.0309. The van der Waals surface area contributed by atoms with Gasteiger partial charge in [-0.1, -0.05) is 103 Å². The number of hydrogen-bond donors (Lipinski definition) is 0. The molecule has 1 atom stereocenters. The van der Waals surface area contributed by atoms with Crippen molar-refractivity contribution in [3.8, 4) is 0 Å². The van der Waals surface area contributed by atoms with Crippen LogP contribution >= 0.6 is 0 Å². The maximum absolute atomic E-state index is 6.47. The molecule has 4 aromatic rings. The van der Waals surface area contributed by atoms with Crippen molar-refractivity contribution in [1.82, 2.24) is 0 Å². The Labute approximate surface area is 147 Å². The van der Waals surface area contributed by atoms with Crippen LogP contribution in [-0.2, 0) is 10.3 Å². The zero-order valence-corrected chi connectivity index (χ0v) is 13.8. The summed E-state index contributed by atoms with van der Waals surface area (Å²) < 4.78 is 6.47. The summed E-state index contributed by atoms with van der Waals surface area (Å²) in [5, 5.41) is 2.52. The molecule has 1 heteroatoms. The van der Waals surface area contributed by atoms with Gasteiger partial charge in [0.1, 0.15) is 11.7 Å². The predicted molar refractivity (Wildman–Crippen MR) is 101 cm³/mol. The molecule has 1 heterocycles. The highest BCUT2D eigenvalue weighted by atomic mass is 16.6.